The lowest BCUT2D eigenvalue weighted by atomic mass is 10.2. The second-order valence-corrected chi connectivity index (χ2v) is 5.82. The smallest absolute Gasteiger partial charge is 0.353 e. The molecule has 6 nitrogen and oxygen atoms in total. The van der Waals surface area contributed by atoms with E-state index in [-0.39, 0.29) is 22.2 Å². The normalized spacial score (nSPS) is 11.5. The van der Waals surface area contributed by atoms with Crippen LogP contribution in [0.5, 0.6) is 0 Å². The number of fused-ring (bicyclic) bond motifs is 3. The molecule has 0 saturated heterocycles. The molecule has 2 aromatic heterocycles. The molecule has 0 fully saturated rings. The maximum Gasteiger partial charge on any atom is 0.353 e. The Kier molecular flexibility index (Phi) is 3.43. The molecular formula is C16H10ClF2N5O. The molecule has 2 heterocycles. The van der Waals surface area contributed by atoms with Crippen molar-refractivity contribution in [2.45, 2.75) is 6.54 Å². The van der Waals surface area contributed by atoms with Crippen LogP contribution in [0, 0.1) is 11.6 Å². The SMILES string of the molecule is Nc1nc2ccccc2c2nn(Cc3c(F)ccc(Cl)c3F)c(=O)n12. The van der Waals surface area contributed by atoms with Crippen LogP contribution < -0.4 is 11.4 Å². The molecule has 4 aromatic rings. The molecule has 0 aliphatic rings. The van der Waals surface area contributed by atoms with Crippen molar-refractivity contribution in [3.63, 3.8) is 0 Å². The molecule has 25 heavy (non-hydrogen) atoms. The molecule has 0 atom stereocenters. The third kappa shape index (κ3) is 2.33. The summed E-state index contributed by atoms with van der Waals surface area (Å²) in [6.07, 6.45) is 0. The summed E-state index contributed by atoms with van der Waals surface area (Å²) >= 11 is 5.69. The number of para-hydroxylation sites is 1. The lowest BCUT2D eigenvalue weighted by Gasteiger charge is -2.05. The minimum Gasteiger partial charge on any atom is -0.369 e. The van der Waals surface area contributed by atoms with Gasteiger partial charge in [0.1, 0.15) is 11.6 Å². The van der Waals surface area contributed by atoms with Crippen LogP contribution in [0.25, 0.3) is 16.6 Å². The molecule has 0 aliphatic heterocycles. The van der Waals surface area contributed by atoms with Gasteiger partial charge in [-0.2, -0.15) is 0 Å². The number of halogens is 3. The van der Waals surface area contributed by atoms with Gasteiger partial charge < -0.3 is 5.73 Å². The van der Waals surface area contributed by atoms with Gasteiger partial charge in [0.05, 0.1) is 17.1 Å². The number of nitrogens with two attached hydrogens (primary N) is 1. The van der Waals surface area contributed by atoms with Gasteiger partial charge in [0.25, 0.3) is 0 Å². The van der Waals surface area contributed by atoms with E-state index in [1.165, 1.54) is 0 Å². The number of anilines is 1. The number of hydrogen-bond donors (Lipinski definition) is 1. The van der Waals surface area contributed by atoms with Gasteiger partial charge in [0.15, 0.2) is 5.65 Å². The highest BCUT2D eigenvalue weighted by Crippen LogP contribution is 2.22. The summed E-state index contributed by atoms with van der Waals surface area (Å²) in [6.45, 7) is -0.424. The molecule has 0 aliphatic carbocycles. The van der Waals surface area contributed by atoms with Crippen molar-refractivity contribution in [1.82, 2.24) is 19.2 Å². The zero-order valence-electron chi connectivity index (χ0n) is 12.6. The predicted molar refractivity (Wildman–Crippen MR) is 89.6 cm³/mol. The van der Waals surface area contributed by atoms with E-state index in [0.29, 0.717) is 10.9 Å². The molecule has 126 valence electrons. The Morgan fingerprint density at radius 2 is 1.92 bits per heavy atom. The van der Waals surface area contributed by atoms with Gasteiger partial charge in [0.2, 0.25) is 5.95 Å². The van der Waals surface area contributed by atoms with E-state index in [2.05, 4.69) is 10.1 Å². The van der Waals surface area contributed by atoms with Crippen LogP contribution in [0.2, 0.25) is 5.02 Å². The highest BCUT2D eigenvalue weighted by Gasteiger charge is 2.18. The predicted octanol–water partition coefficient (Wildman–Crippen LogP) is 2.61. The Bertz CT molecular complexity index is 1200. The second kappa shape index (κ2) is 5.52. The van der Waals surface area contributed by atoms with Crippen molar-refractivity contribution < 1.29 is 8.78 Å². The first-order valence-electron chi connectivity index (χ1n) is 7.23. The third-order valence-corrected chi connectivity index (χ3v) is 4.19. The summed E-state index contributed by atoms with van der Waals surface area (Å²) in [4.78, 5) is 16.7. The van der Waals surface area contributed by atoms with E-state index >= 15 is 0 Å². The summed E-state index contributed by atoms with van der Waals surface area (Å²) in [5.41, 5.74) is 5.66. The molecule has 0 radical (unpaired) electrons. The van der Waals surface area contributed by atoms with Crippen LogP contribution in [0.1, 0.15) is 5.56 Å². The molecule has 4 rings (SSSR count). The number of hydrogen-bond acceptors (Lipinski definition) is 4. The van der Waals surface area contributed by atoms with Crippen LogP contribution in [-0.2, 0) is 6.54 Å². The fourth-order valence-corrected chi connectivity index (χ4v) is 2.87. The fourth-order valence-electron chi connectivity index (χ4n) is 2.69. The average molecular weight is 362 g/mol. The minimum absolute atomic E-state index is 0.0583. The number of nitrogens with zero attached hydrogens (tertiary/aromatic N) is 4. The summed E-state index contributed by atoms with van der Waals surface area (Å²) in [5.74, 6) is -1.81. The largest absolute Gasteiger partial charge is 0.369 e. The van der Waals surface area contributed by atoms with Gasteiger partial charge in [0, 0.05) is 10.9 Å². The summed E-state index contributed by atoms with van der Waals surface area (Å²) in [5, 5.41) is 4.54. The topological polar surface area (TPSA) is 78.2 Å². The molecule has 0 saturated carbocycles. The molecule has 0 amide bonds. The maximum absolute atomic E-state index is 14.1. The highest BCUT2D eigenvalue weighted by atomic mass is 35.5. The van der Waals surface area contributed by atoms with E-state index in [4.69, 9.17) is 17.3 Å². The van der Waals surface area contributed by atoms with Crippen LogP contribution in [0.3, 0.4) is 0 Å². The van der Waals surface area contributed by atoms with Gasteiger partial charge in [-0.3, -0.25) is 0 Å². The molecule has 0 spiro atoms. The first-order valence-corrected chi connectivity index (χ1v) is 7.61. The van der Waals surface area contributed by atoms with E-state index < -0.39 is 23.9 Å². The van der Waals surface area contributed by atoms with Gasteiger partial charge in [-0.1, -0.05) is 23.7 Å². The quantitative estimate of drug-likeness (QED) is 0.557. The number of benzene rings is 2. The van der Waals surface area contributed by atoms with Crippen molar-refractivity contribution in [2.24, 2.45) is 0 Å². The van der Waals surface area contributed by atoms with Crippen molar-refractivity contribution >= 4 is 34.1 Å². The molecule has 9 heteroatoms. The Labute approximate surface area is 144 Å². The van der Waals surface area contributed by atoms with Gasteiger partial charge in [-0.05, 0) is 24.3 Å². The zero-order valence-corrected chi connectivity index (χ0v) is 13.3. The number of rotatable bonds is 2. The van der Waals surface area contributed by atoms with E-state index in [9.17, 15) is 13.6 Å². The minimum atomic E-state index is -0.929. The average Bonchev–Trinajstić information content (AvgIpc) is 2.93. The first-order chi connectivity index (χ1) is 12.0. The third-order valence-electron chi connectivity index (χ3n) is 3.90. The van der Waals surface area contributed by atoms with Crippen LogP contribution in [-0.4, -0.2) is 19.2 Å². The van der Waals surface area contributed by atoms with Gasteiger partial charge in [-0.25, -0.2) is 27.6 Å². The van der Waals surface area contributed by atoms with Crippen molar-refractivity contribution in [3.05, 3.63) is 69.1 Å². The van der Waals surface area contributed by atoms with Gasteiger partial charge in [-0.15, -0.1) is 5.10 Å². The summed E-state index contributed by atoms with van der Waals surface area (Å²) in [6, 6.07) is 9.14. The lowest BCUT2D eigenvalue weighted by molar-refractivity contribution is 0.528. The standard InChI is InChI=1S/C16H10ClF2N5O/c17-10-5-6-11(18)9(13(10)19)7-23-16(25)24-14(22-23)8-3-1-2-4-12(8)21-15(24)20/h1-6H,7H2,(H2,20,21). The lowest BCUT2D eigenvalue weighted by Crippen LogP contribution is -2.24. The first kappa shape index (κ1) is 15.5. The van der Waals surface area contributed by atoms with Crippen molar-refractivity contribution in [1.29, 1.82) is 0 Å². The second-order valence-electron chi connectivity index (χ2n) is 5.41. The Morgan fingerprint density at radius 3 is 2.72 bits per heavy atom. The molecule has 2 aromatic carbocycles. The van der Waals surface area contributed by atoms with E-state index in [1.54, 1.807) is 24.3 Å². The fraction of sp³-hybridized carbons (Fsp3) is 0.0625. The molecule has 2 N–H and O–H groups in total. The highest BCUT2D eigenvalue weighted by molar-refractivity contribution is 6.30. The maximum atomic E-state index is 14.1. The van der Waals surface area contributed by atoms with E-state index in [1.807, 2.05) is 0 Å². The summed E-state index contributed by atoms with van der Waals surface area (Å²) in [7, 11) is 0. The molecular weight excluding hydrogens is 352 g/mol. The van der Waals surface area contributed by atoms with Gasteiger partial charge >= 0.3 is 5.69 Å². The Hall–Kier alpha value is -3.00. The van der Waals surface area contributed by atoms with Crippen LogP contribution in [0.15, 0.2) is 41.2 Å². The van der Waals surface area contributed by atoms with Crippen LogP contribution in [0.4, 0.5) is 14.7 Å². The molecule has 0 bridgehead atoms. The molecule has 0 unspecified atom stereocenters. The summed E-state index contributed by atoms with van der Waals surface area (Å²) < 4.78 is 30.1. The number of aromatic nitrogens is 4. The van der Waals surface area contributed by atoms with Crippen molar-refractivity contribution in [2.75, 3.05) is 5.73 Å². The zero-order chi connectivity index (χ0) is 17.7. The Balaban J connectivity index is 1.97. The monoisotopic (exact) mass is 361 g/mol. The Morgan fingerprint density at radius 1 is 1.16 bits per heavy atom. The number of nitrogen functional groups attached to an aromatic ring is 1. The van der Waals surface area contributed by atoms with E-state index in [0.717, 1.165) is 21.2 Å². The van der Waals surface area contributed by atoms with Crippen molar-refractivity contribution in [3.8, 4) is 0 Å². The van der Waals surface area contributed by atoms with Crippen LogP contribution >= 0.6 is 11.6 Å².